The Morgan fingerprint density at radius 3 is 1.43 bits per heavy atom. The molecule has 9 rings (SSSR count). The molecule has 0 unspecified atom stereocenters. The lowest BCUT2D eigenvalue weighted by molar-refractivity contribution is 0.0136. The van der Waals surface area contributed by atoms with E-state index in [9.17, 15) is 28.8 Å². The minimum atomic E-state index is -0.579. The highest BCUT2D eigenvalue weighted by Gasteiger charge is 2.31. The van der Waals surface area contributed by atoms with E-state index in [1.807, 2.05) is 65.8 Å². The minimum Gasteiger partial charge on any atom is -0.444 e. The first-order valence-electron chi connectivity index (χ1n) is 27.3. The van der Waals surface area contributed by atoms with Crippen LogP contribution in [0.25, 0.3) is 22.5 Å². The zero-order chi connectivity index (χ0) is 56.7. The summed E-state index contributed by atoms with van der Waals surface area (Å²) in [5.74, 6) is 1.17. The molecular formula is C59H77N9O11. The van der Waals surface area contributed by atoms with Crippen molar-refractivity contribution in [2.45, 2.75) is 97.8 Å². The summed E-state index contributed by atoms with van der Waals surface area (Å²) in [6.07, 6.45) is 10.4. The number of ether oxygens (including phenoxy) is 5. The molecule has 20 heteroatoms. The van der Waals surface area contributed by atoms with Crippen LogP contribution in [0, 0.1) is 5.92 Å². The average Bonchev–Trinajstić information content (AvgIpc) is 4.22. The standard InChI is InChI=1S/C26H35N5O5.C26H28N4O5.C7H14O/c1-26(2,3)36-25(34)30-12-10-29(11-13-30)23(32)20-7-5-6-19(16-20)22-17-31(18-27-22)24(33)28(4)21-8-14-35-15-9-21;1-26(2,3)35-25(33)29-14-12-28(13-15-29)23(31)20-9-7-8-19(16-20)22-17-30(18-27-22)24(32)34-21-10-5-4-6-11-21;1-2-7-3-5-8-6-4-7/h5-7,16-18,21H,8-15H2,1-4H3;4-11,16-18H,12-15H2,1-3H3;7H,2-6H2,1H3. The van der Waals surface area contributed by atoms with E-state index in [1.165, 1.54) is 41.1 Å². The predicted octanol–water partition coefficient (Wildman–Crippen LogP) is 9.44. The lowest BCUT2D eigenvalue weighted by Gasteiger charge is -2.35. The number of hydrogen-bond donors (Lipinski definition) is 0. The third-order valence-electron chi connectivity index (χ3n) is 13.8. The van der Waals surface area contributed by atoms with Gasteiger partial charge in [-0.3, -0.25) is 14.2 Å². The van der Waals surface area contributed by atoms with Gasteiger partial charge in [-0.25, -0.2) is 33.7 Å². The van der Waals surface area contributed by atoms with Gasteiger partial charge in [-0.15, -0.1) is 0 Å². The summed E-state index contributed by atoms with van der Waals surface area (Å²) in [6, 6.07) is 23.1. The average molecular weight is 1090 g/mol. The van der Waals surface area contributed by atoms with E-state index in [4.69, 9.17) is 23.7 Å². The monoisotopic (exact) mass is 1090 g/mol. The number of benzene rings is 3. The molecule has 6 heterocycles. The first-order valence-corrected chi connectivity index (χ1v) is 27.3. The normalized spacial score (nSPS) is 16.4. The number of carbonyl (C=O) groups is 6. The fourth-order valence-electron chi connectivity index (χ4n) is 9.18. The quantitative estimate of drug-likeness (QED) is 0.149. The van der Waals surface area contributed by atoms with E-state index < -0.39 is 17.3 Å². The maximum absolute atomic E-state index is 13.2. The number of carbonyl (C=O) groups excluding carboxylic acids is 6. The molecule has 5 amide bonds. The molecule has 4 fully saturated rings. The lowest BCUT2D eigenvalue weighted by atomic mass is 9.98. The molecule has 3 aromatic carbocycles. The smallest absolute Gasteiger partial charge is 0.424 e. The van der Waals surface area contributed by atoms with Crippen molar-refractivity contribution in [3.8, 4) is 28.3 Å². The number of aromatic nitrogens is 4. The van der Waals surface area contributed by atoms with Gasteiger partial charge < -0.3 is 48.2 Å². The molecule has 0 N–H and O–H groups in total. The topological polar surface area (TPSA) is 200 Å². The van der Waals surface area contributed by atoms with Gasteiger partial charge in [-0.1, -0.05) is 55.8 Å². The predicted molar refractivity (Wildman–Crippen MR) is 297 cm³/mol. The van der Waals surface area contributed by atoms with Crippen molar-refractivity contribution in [1.29, 1.82) is 0 Å². The maximum Gasteiger partial charge on any atom is 0.424 e. The summed E-state index contributed by atoms with van der Waals surface area (Å²) in [7, 11) is 1.81. The van der Waals surface area contributed by atoms with E-state index in [1.54, 1.807) is 98.5 Å². The van der Waals surface area contributed by atoms with Crippen LogP contribution in [0.5, 0.6) is 5.75 Å². The second kappa shape index (κ2) is 27.3. The highest BCUT2D eigenvalue weighted by atomic mass is 16.6. The first-order chi connectivity index (χ1) is 37.7. The largest absolute Gasteiger partial charge is 0.444 e. The van der Waals surface area contributed by atoms with Crippen molar-refractivity contribution in [2.75, 3.05) is 85.8 Å². The van der Waals surface area contributed by atoms with Crippen molar-refractivity contribution < 1.29 is 52.5 Å². The van der Waals surface area contributed by atoms with Crippen molar-refractivity contribution in [1.82, 2.24) is 43.6 Å². The molecule has 4 aliphatic heterocycles. The molecular weight excluding hydrogens is 1010 g/mol. The number of rotatable bonds is 7. The molecule has 5 aromatic rings. The van der Waals surface area contributed by atoms with Gasteiger partial charge >= 0.3 is 24.3 Å². The van der Waals surface area contributed by atoms with Crippen molar-refractivity contribution in [3.05, 3.63) is 115 Å². The van der Waals surface area contributed by atoms with Crippen LogP contribution in [-0.2, 0) is 18.9 Å². The molecule has 424 valence electrons. The van der Waals surface area contributed by atoms with E-state index >= 15 is 0 Å². The summed E-state index contributed by atoms with van der Waals surface area (Å²) in [5, 5.41) is 0. The van der Waals surface area contributed by atoms with Crippen LogP contribution in [0.3, 0.4) is 0 Å². The maximum atomic E-state index is 13.2. The van der Waals surface area contributed by atoms with Crippen LogP contribution in [-0.4, -0.2) is 183 Å². The van der Waals surface area contributed by atoms with E-state index in [0.717, 1.165) is 37.5 Å². The number of imidazole rings is 2. The Bertz CT molecular complexity index is 2830. The molecule has 0 bridgehead atoms. The molecule has 20 nitrogen and oxygen atoms in total. The van der Waals surface area contributed by atoms with Gasteiger partial charge in [0.1, 0.15) is 29.6 Å². The number of para-hydroxylation sites is 1. The van der Waals surface area contributed by atoms with E-state index in [-0.39, 0.29) is 36.1 Å². The van der Waals surface area contributed by atoms with Crippen LogP contribution in [0.4, 0.5) is 19.2 Å². The van der Waals surface area contributed by atoms with Crippen LogP contribution < -0.4 is 4.74 Å². The molecule has 0 saturated carbocycles. The number of nitrogens with zero attached hydrogens (tertiary/aromatic N) is 9. The third-order valence-corrected chi connectivity index (χ3v) is 13.8. The first kappa shape index (κ1) is 59.1. The Kier molecular flexibility index (Phi) is 20.4. The molecule has 0 atom stereocenters. The highest BCUT2D eigenvalue weighted by Crippen LogP contribution is 2.24. The summed E-state index contributed by atoms with van der Waals surface area (Å²) >= 11 is 0. The lowest BCUT2D eigenvalue weighted by Crippen LogP contribution is -2.51. The van der Waals surface area contributed by atoms with Crippen LogP contribution >= 0.6 is 0 Å². The number of amides is 5. The van der Waals surface area contributed by atoms with Crippen LogP contribution in [0.2, 0.25) is 0 Å². The molecule has 0 radical (unpaired) electrons. The Morgan fingerprint density at radius 1 is 0.557 bits per heavy atom. The van der Waals surface area contributed by atoms with Gasteiger partial charge in [0, 0.05) is 127 Å². The van der Waals surface area contributed by atoms with Gasteiger partial charge in [0.15, 0.2) is 0 Å². The fraction of sp³-hybridized carbons (Fsp3) is 0.492. The van der Waals surface area contributed by atoms with E-state index in [2.05, 4.69) is 16.9 Å². The Balaban J connectivity index is 0.000000200. The van der Waals surface area contributed by atoms with Crippen molar-refractivity contribution >= 4 is 36.1 Å². The third kappa shape index (κ3) is 17.2. The number of piperazine rings is 2. The molecule has 79 heavy (non-hydrogen) atoms. The molecule has 0 spiro atoms. The van der Waals surface area contributed by atoms with Gasteiger partial charge in [-0.2, -0.15) is 0 Å². The van der Waals surface area contributed by atoms with Crippen molar-refractivity contribution in [2.24, 2.45) is 5.92 Å². The summed E-state index contributed by atoms with van der Waals surface area (Å²) in [6.45, 7) is 19.9. The Labute approximate surface area is 463 Å². The second-order valence-corrected chi connectivity index (χ2v) is 21.9. The molecule has 2 aromatic heterocycles. The molecule has 0 aliphatic carbocycles. The zero-order valence-electron chi connectivity index (χ0n) is 47.0. The summed E-state index contributed by atoms with van der Waals surface area (Å²) in [5.41, 5.74) is 2.56. The SMILES string of the molecule is CC(C)(C)OC(=O)N1CCN(C(=O)c2cccc(-c3cn(C(=O)Oc4ccccc4)cn3)c2)CC1.CCC1CCOCC1.CN(C(=O)n1cnc(-c2cccc(C(=O)N3CCN(C(=O)OC(C)(C)C)CC3)c2)c1)C1CCOCC1. The van der Waals surface area contributed by atoms with Gasteiger partial charge in [-0.05, 0) is 110 Å². The molecule has 4 aliphatic rings. The van der Waals surface area contributed by atoms with E-state index in [0.29, 0.717) is 99.4 Å². The summed E-state index contributed by atoms with van der Waals surface area (Å²) < 4.78 is 29.5. The second-order valence-electron chi connectivity index (χ2n) is 21.9. The Hall–Kier alpha value is -7.58. The highest BCUT2D eigenvalue weighted by molar-refractivity contribution is 5.96. The van der Waals surface area contributed by atoms with Gasteiger partial charge in [0.2, 0.25) is 0 Å². The zero-order valence-corrected chi connectivity index (χ0v) is 47.0. The van der Waals surface area contributed by atoms with Crippen molar-refractivity contribution in [3.63, 3.8) is 0 Å². The molecule has 4 saturated heterocycles. The fourth-order valence-corrected chi connectivity index (χ4v) is 9.18. The summed E-state index contributed by atoms with van der Waals surface area (Å²) in [4.78, 5) is 93.3. The Morgan fingerprint density at radius 2 is 0.987 bits per heavy atom. The minimum absolute atomic E-state index is 0.101. The van der Waals surface area contributed by atoms with Crippen LogP contribution in [0.15, 0.2) is 104 Å². The number of hydrogen-bond acceptors (Lipinski definition) is 13. The van der Waals surface area contributed by atoms with Gasteiger partial charge in [0.25, 0.3) is 11.8 Å². The van der Waals surface area contributed by atoms with Gasteiger partial charge in [0.05, 0.1) is 11.4 Å². The van der Waals surface area contributed by atoms with Crippen LogP contribution in [0.1, 0.15) is 101 Å².